The molecular weight excluding hydrogens is 328 g/mol. The van der Waals surface area contributed by atoms with E-state index in [9.17, 15) is 9.90 Å². The Balaban J connectivity index is 2.39. The molecule has 2 aromatic rings. The van der Waals surface area contributed by atoms with Crippen LogP contribution in [-0.2, 0) is 5.41 Å². The summed E-state index contributed by atoms with van der Waals surface area (Å²) in [7, 11) is 1.44. The monoisotopic (exact) mass is 348 g/mol. The number of hydrogen-bond donors (Lipinski definition) is 3. The third-order valence-corrected chi connectivity index (χ3v) is 4.00. The molecule has 0 spiro atoms. The van der Waals surface area contributed by atoms with Gasteiger partial charge in [-0.25, -0.2) is 0 Å². The van der Waals surface area contributed by atoms with Crippen LogP contribution in [0.5, 0.6) is 11.5 Å². The number of methoxy groups -OCH3 is 1. The molecule has 0 heterocycles. The SMILES string of the molecule is COc1cc(N)c(Cl)cc1C(=O)Nc1cc(C(C)(C)C)ccc1O. The van der Waals surface area contributed by atoms with Crippen molar-refractivity contribution >= 4 is 28.9 Å². The van der Waals surface area contributed by atoms with E-state index in [-0.39, 0.29) is 21.8 Å². The van der Waals surface area contributed by atoms with Gasteiger partial charge >= 0.3 is 0 Å². The predicted molar refractivity (Wildman–Crippen MR) is 97.2 cm³/mol. The summed E-state index contributed by atoms with van der Waals surface area (Å²) in [5, 5.41) is 13.0. The number of nitrogens with two attached hydrogens (primary N) is 1. The van der Waals surface area contributed by atoms with Crippen LogP contribution in [0.25, 0.3) is 0 Å². The fraction of sp³-hybridized carbons (Fsp3) is 0.278. The van der Waals surface area contributed by atoms with E-state index in [0.29, 0.717) is 17.1 Å². The van der Waals surface area contributed by atoms with Crippen molar-refractivity contribution in [1.82, 2.24) is 0 Å². The van der Waals surface area contributed by atoms with E-state index in [2.05, 4.69) is 5.32 Å². The van der Waals surface area contributed by atoms with E-state index in [1.165, 1.54) is 19.2 Å². The van der Waals surface area contributed by atoms with Crippen molar-refractivity contribution in [1.29, 1.82) is 0 Å². The van der Waals surface area contributed by atoms with Gasteiger partial charge in [-0.2, -0.15) is 0 Å². The summed E-state index contributed by atoms with van der Waals surface area (Å²) in [6.07, 6.45) is 0. The zero-order valence-electron chi connectivity index (χ0n) is 14.1. The molecule has 0 bridgehead atoms. The van der Waals surface area contributed by atoms with E-state index < -0.39 is 5.91 Å². The minimum atomic E-state index is -0.449. The number of halogens is 1. The number of nitrogens with one attached hydrogen (secondary N) is 1. The Morgan fingerprint density at radius 2 is 1.92 bits per heavy atom. The van der Waals surface area contributed by atoms with Crippen molar-refractivity contribution in [2.45, 2.75) is 26.2 Å². The highest BCUT2D eigenvalue weighted by Gasteiger charge is 2.19. The number of ether oxygens (including phenoxy) is 1. The fourth-order valence-corrected chi connectivity index (χ4v) is 2.37. The largest absolute Gasteiger partial charge is 0.506 e. The first-order valence-corrected chi connectivity index (χ1v) is 7.79. The van der Waals surface area contributed by atoms with Gasteiger partial charge in [0.25, 0.3) is 5.91 Å². The van der Waals surface area contributed by atoms with E-state index in [0.717, 1.165) is 5.56 Å². The van der Waals surface area contributed by atoms with Crippen molar-refractivity contribution in [3.63, 3.8) is 0 Å². The summed E-state index contributed by atoms with van der Waals surface area (Å²) in [6.45, 7) is 6.15. The Bertz CT molecular complexity index is 783. The fourth-order valence-electron chi connectivity index (χ4n) is 2.21. The van der Waals surface area contributed by atoms with Crippen molar-refractivity contribution in [2.75, 3.05) is 18.2 Å². The lowest BCUT2D eigenvalue weighted by molar-refractivity contribution is 0.102. The molecule has 0 saturated carbocycles. The molecule has 0 aliphatic rings. The van der Waals surface area contributed by atoms with Crippen LogP contribution in [0.4, 0.5) is 11.4 Å². The second-order valence-corrected chi connectivity index (χ2v) is 6.92. The lowest BCUT2D eigenvalue weighted by Gasteiger charge is -2.20. The van der Waals surface area contributed by atoms with Crippen LogP contribution >= 0.6 is 11.6 Å². The lowest BCUT2D eigenvalue weighted by atomic mass is 9.87. The average Bonchev–Trinajstić information content (AvgIpc) is 2.50. The molecule has 0 aromatic heterocycles. The van der Waals surface area contributed by atoms with Gasteiger partial charge in [0.1, 0.15) is 11.5 Å². The van der Waals surface area contributed by atoms with Gasteiger partial charge in [0.15, 0.2) is 0 Å². The van der Waals surface area contributed by atoms with Gasteiger partial charge in [0.05, 0.1) is 29.1 Å². The smallest absolute Gasteiger partial charge is 0.259 e. The maximum Gasteiger partial charge on any atom is 0.259 e. The number of rotatable bonds is 3. The van der Waals surface area contributed by atoms with E-state index in [1.807, 2.05) is 26.8 Å². The molecule has 0 aliphatic carbocycles. The second kappa shape index (κ2) is 6.61. The number of anilines is 2. The highest BCUT2D eigenvalue weighted by Crippen LogP contribution is 2.33. The van der Waals surface area contributed by atoms with Crippen LogP contribution in [0, 0.1) is 0 Å². The predicted octanol–water partition coefficient (Wildman–Crippen LogP) is 4.19. The molecule has 0 unspecified atom stereocenters. The number of carbonyl (C=O) groups is 1. The summed E-state index contributed by atoms with van der Waals surface area (Å²) < 4.78 is 5.19. The first kappa shape index (κ1) is 17.9. The minimum Gasteiger partial charge on any atom is -0.506 e. The maximum atomic E-state index is 12.6. The number of aromatic hydroxyl groups is 1. The van der Waals surface area contributed by atoms with Gasteiger partial charge in [0, 0.05) is 6.07 Å². The molecule has 6 heteroatoms. The van der Waals surface area contributed by atoms with Crippen LogP contribution < -0.4 is 15.8 Å². The zero-order valence-corrected chi connectivity index (χ0v) is 14.9. The summed E-state index contributed by atoms with van der Waals surface area (Å²) in [6, 6.07) is 8.06. The number of phenols is 1. The van der Waals surface area contributed by atoms with E-state index in [4.69, 9.17) is 22.1 Å². The van der Waals surface area contributed by atoms with Crippen LogP contribution in [0.1, 0.15) is 36.7 Å². The third kappa shape index (κ3) is 3.74. The third-order valence-electron chi connectivity index (χ3n) is 3.67. The standard InChI is InChI=1S/C18H21ClN2O3/c1-18(2,3)10-5-6-15(22)14(7-10)21-17(23)11-8-12(19)13(20)9-16(11)24-4/h5-9,22H,20H2,1-4H3,(H,21,23). The van der Waals surface area contributed by atoms with Gasteiger partial charge in [-0.1, -0.05) is 38.4 Å². The number of benzene rings is 2. The molecule has 0 saturated heterocycles. The second-order valence-electron chi connectivity index (χ2n) is 6.51. The van der Waals surface area contributed by atoms with E-state index >= 15 is 0 Å². The summed E-state index contributed by atoms with van der Waals surface area (Å²) >= 11 is 6.00. The maximum absolute atomic E-state index is 12.6. The minimum absolute atomic E-state index is 0.0168. The molecule has 0 radical (unpaired) electrons. The van der Waals surface area contributed by atoms with Crippen molar-refractivity contribution in [2.24, 2.45) is 0 Å². The first-order valence-electron chi connectivity index (χ1n) is 7.41. The highest BCUT2D eigenvalue weighted by atomic mass is 35.5. The average molecular weight is 349 g/mol. The molecule has 2 rings (SSSR count). The Hall–Kier alpha value is -2.40. The van der Waals surface area contributed by atoms with Crippen LogP contribution in [0.15, 0.2) is 30.3 Å². The van der Waals surface area contributed by atoms with Crippen molar-refractivity contribution in [3.05, 3.63) is 46.5 Å². The number of phenolic OH excluding ortho intramolecular Hbond substituents is 1. The molecule has 1 amide bonds. The van der Waals surface area contributed by atoms with Crippen LogP contribution in [0.2, 0.25) is 5.02 Å². The Labute approximate surface area is 146 Å². The summed E-state index contributed by atoms with van der Waals surface area (Å²) in [4.78, 5) is 12.6. The summed E-state index contributed by atoms with van der Waals surface area (Å²) in [5.41, 5.74) is 7.47. The van der Waals surface area contributed by atoms with Gasteiger partial charge in [-0.3, -0.25) is 4.79 Å². The molecule has 24 heavy (non-hydrogen) atoms. The van der Waals surface area contributed by atoms with Gasteiger partial charge < -0.3 is 20.9 Å². The van der Waals surface area contributed by atoms with Crippen LogP contribution in [-0.4, -0.2) is 18.1 Å². The van der Waals surface area contributed by atoms with Gasteiger partial charge in [0.2, 0.25) is 0 Å². The molecule has 128 valence electrons. The highest BCUT2D eigenvalue weighted by molar-refractivity contribution is 6.33. The zero-order chi connectivity index (χ0) is 18.1. The number of nitrogen functional groups attached to an aromatic ring is 1. The molecule has 4 N–H and O–H groups in total. The number of carbonyl (C=O) groups excluding carboxylic acids is 1. The van der Waals surface area contributed by atoms with E-state index in [1.54, 1.807) is 12.1 Å². The molecule has 2 aromatic carbocycles. The lowest BCUT2D eigenvalue weighted by Crippen LogP contribution is -2.16. The topological polar surface area (TPSA) is 84.6 Å². The Morgan fingerprint density at radius 1 is 1.25 bits per heavy atom. The van der Waals surface area contributed by atoms with Gasteiger partial charge in [-0.05, 0) is 29.2 Å². The number of amides is 1. The van der Waals surface area contributed by atoms with Crippen molar-refractivity contribution < 1.29 is 14.6 Å². The quantitative estimate of drug-likeness (QED) is 0.573. The normalized spacial score (nSPS) is 11.2. The first-order chi connectivity index (χ1) is 11.1. The number of hydrogen-bond acceptors (Lipinski definition) is 4. The van der Waals surface area contributed by atoms with Gasteiger partial charge in [-0.15, -0.1) is 0 Å². The van der Waals surface area contributed by atoms with Crippen LogP contribution in [0.3, 0.4) is 0 Å². The molecule has 0 aliphatic heterocycles. The molecular formula is C18H21ClN2O3. The molecule has 0 atom stereocenters. The molecule has 0 fully saturated rings. The Morgan fingerprint density at radius 3 is 2.50 bits per heavy atom. The Kier molecular flexibility index (Phi) is 4.94. The molecule has 5 nitrogen and oxygen atoms in total. The summed E-state index contributed by atoms with van der Waals surface area (Å²) in [5.74, 6) is -0.159. The van der Waals surface area contributed by atoms with Crippen molar-refractivity contribution in [3.8, 4) is 11.5 Å².